The molecular formula is C20H20N4S. The summed E-state index contributed by atoms with van der Waals surface area (Å²) in [6.07, 6.45) is 0. The highest BCUT2D eigenvalue weighted by molar-refractivity contribution is 7.18. The van der Waals surface area contributed by atoms with Gasteiger partial charge in [-0.05, 0) is 29.8 Å². The van der Waals surface area contributed by atoms with E-state index in [1.807, 2.05) is 24.3 Å². The Balaban J connectivity index is 1.32. The van der Waals surface area contributed by atoms with Crippen molar-refractivity contribution in [3.8, 4) is 6.07 Å². The van der Waals surface area contributed by atoms with Gasteiger partial charge in [-0.1, -0.05) is 24.3 Å². The SMILES string of the molecule is N#Cc1cccc(CN2CCN(Cc3nc4ccccc4s3)CC2)c1. The largest absolute Gasteiger partial charge is 0.297 e. The van der Waals surface area contributed by atoms with Crippen LogP contribution in [0.5, 0.6) is 0 Å². The molecule has 0 unspecified atom stereocenters. The van der Waals surface area contributed by atoms with Gasteiger partial charge >= 0.3 is 0 Å². The van der Waals surface area contributed by atoms with E-state index in [9.17, 15) is 0 Å². The maximum absolute atomic E-state index is 9.02. The molecule has 0 saturated carbocycles. The number of piperazine rings is 1. The lowest BCUT2D eigenvalue weighted by Crippen LogP contribution is -2.45. The highest BCUT2D eigenvalue weighted by Crippen LogP contribution is 2.23. The highest BCUT2D eigenvalue weighted by atomic mass is 32.1. The fourth-order valence-corrected chi connectivity index (χ4v) is 4.29. The summed E-state index contributed by atoms with van der Waals surface area (Å²) in [6.45, 7) is 6.10. The number of benzene rings is 2. The molecule has 25 heavy (non-hydrogen) atoms. The lowest BCUT2D eigenvalue weighted by atomic mass is 10.1. The molecule has 0 aliphatic carbocycles. The van der Waals surface area contributed by atoms with Gasteiger partial charge in [0.25, 0.3) is 0 Å². The van der Waals surface area contributed by atoms with E-state index >= 15 is 0 Å². The topological polar surface area (TPSA) is 43.2 Å². The van der Waals surface area contributed by atoms with Gasteiger partial charge in [-0.15, -0.1) is 11.3 Å². The molecular weight excluding hydrogens is 328 g/mol. The first-order valence-electron chi connectivity index (χ1n) is 8.58. The zero-order valence-corrected chi connectivity index (χ0v) is 14.9. The second-order valence-corrected chi connectivity index (χ2v) is 7.56. The molecule has 2 aromatic carbocycles. The summed E-state index contributed by atoms with van der Waals surface area (Å²) in [5, 5.41) is 10.2. The van der Waals surface area contributed by atoms with Gasteiger partial charge in [-0.3, -0.25) is 9.80 Å². The average Bonchev–Trinajstić information content (AvgIpc) is 3.06. The summed E-state index contributed by atoms with van der Waals surface area (Å²) in [5.74, 6) is 0. The zero-order chi connectivity index (χ0) is 17.1. The van der Waals surface area contributed by atoms with Gasteiger partial charge in [0.1, 0.15) is 5.01 Å². The van der Waals surface area contributed by atoms with Crippen LogP contribution in [0.2, 0.25) is 0 Å². The van der Waals surface area contributed by atoms with Crippen molar-refractivity contribution in [1.82, 2.24) is 14.8 Å². The van der Waals surface area contributed by atoms with Crippen molar-refractivity contribution < 1.29 is 0 Å². The predicted molar refractivity (Wildman–Crippen MR) is 101 cm³/mol. The van der Waals surface area contributed by atoms with E-state index in [-0.39, 0.29) is 0 Å². The molecule has 0 amide bonds. The molecule has 0 bridgehead atoms. The van der Waals surface area contributed by atoms with Crippen molar-refractivity contribution in [2.45, 2.75) is 13.1 Å². The Morgan fingerprint density at radius 3 is 2.48 bits per heavy atom. The molecule has 1 saturated heterocycles. The normalized spacial score (nSPS) is 16.1. The molecule has 0 atom stereocenters. The van der Waals surface area contributed by atoms with Gasteiger partial charge in [0.15, 0.2) is 0 Å². The van der Waals surface area contributed by atoms with Crippen LogP contribution in [0.1, 0.15) is 16.1 Å². The van der Waals surface area contributed by atoms with Crippen LogP contribution in [0, 0.1) is 11.3 Å². The monoisotopic (exact) mass is 348 g/mol. The molecule has 0 radical (unpaired) electrons. The summed E-state index contributed by atoms with van der Waals surface area (Å²) in [5.41, 5.74) is 3.07. The van der Waals surface area contributed by atoms with E-state index < -0.39 is 0 Å². The van der Waals surface area contributed by atoms with Crippen molar-refractivity contribution in [3.63, 3.8) is 0 Å². The molecule has 1 aliphatic rings. The molecule has 1 fully saturated rings. The Bertz CT molecular complexity index is 870. The number of rotatable bonds is 4. The Hall–Kier alpha value is -2.26. The summed E-state index contributed by atoms with van der Waals surface area (Å²) >= 11 is 1.80. The quantitative estimate of drug-likeness (QED) is 0.724. The van der Waals surface area contributed by atoms with Crippen LogP contribution >= 0.6 is 11.3 Å². The molecule has 3 aromatic rings. The van der Waals surface area contributed by atoms with E-state index in [0.29, 0.717) is 0 Å². The maximum atomic E-state index is 9.02. The predicted octanol–water partition coefficient (Wildman–Crippen LogP) is 3.49. The number of hydrogen-bond acceptors (Lipinski definition) is 5. The molecule has 4 rings (SSSR count). The van der Waals surface area contributed by atoms with Crippen LogP contribution in [0.15, 0.2) is 48.5 Å². The summed E-state index contributed by atoms with van der Waals surface area (Å²) < 4.78 is 1.27. The van der Waals surface area contributed by atoms with Crippen LogP contribution in [-0.4, -0.2) is 41.0 Å². The average molecular weight is 348 g/mol. The fourth-order valence-electron chi connectivity index (χ4n) is 3.28. The number of para-hydroxylation sites is 1. The van der Waals surface area contributed by atoms with Gasteiger partial charge in [0.05, 0.1) is 28.4 Å². The zero-order valence-electron chi connectivity index (χ0n) is 14.1. The van der Waals surface area contributed by atoms with Crippen molar-refractivity contribution >= 4 is 21.6 Å². The van der Waals surface area contributed by atoms with E-state index in [0.717, 1.165) is 50.3 Å². The number of thiazole rings is 1. The van der Waals surface area contributed by atoms with E-state index in [2.05, 4.69) is 40.1 Å². The second kappa shape index (κ2) is 7.32. The minimum Gasteiger partial charge on any atom is -0.297 e. The smallest absolute Gasteiger partial charge is 0.108 e. The minimum absolute atomic E-state index is 0.743. The molecule has 1 aliphatic heterocycles. The van der Waals surface area contributed by atoms with Crippen molar-refractivity contribution in [2.24, 2.45) is 0 Å². The first-order valence-corrected chi connectivity index (χ1v) is 9.40. The lowest BCUT2D eigenvalue weighted by Gasteiger charge is -2.34. The van der Waals surface area contributed by atoms with Gasteiger partial charge < -0.3 is 0 Å². The van der Waals surface area contributed by atoms with Crippen LogP contribution < -0.4 is 0 Å². The first-order chi connectivity index (χ1) is 12.3. The second-order valence-electron chi connectivity index (χ2n) is 6.44. The molecule has 0 N–H and O–H groups in total. The minimum atomic E-state index is 0.743. The molecule has 5 heteroatoms. The van der Waals surface area contributed by atoms with E-state index in [1.54, 1.807) is 11.3 Å². The molecule has 126 valence electrons. The Morgan fingerprint density at radius 2 is 1.72 bits per heavy atom. The number of fused-ring (bicyclic) bond motifs is 1. The Morgan fingerprint density at radius 1 is 0.960 bits per heavy atom. The molecule has 2 heterocycles. The van der Waals surface area contributed by atoms with Crippen LogP contribution in [-0.2, 0) is 13.1 Å². The van der Waals surface area contributed by atoms with Crippen LogP contribution in [0.25, 0.3) is 10.2 Å². The van der Waals surface area contributed by atoms with E-state index in [4.69, 9.17) is 10.2 Å². The summed E-state index contributed by atoms with van der Waals surface area (Å²) in [6, 6.07) is 18.5. The van der Waals surface area contributed by atoms with Crippen LogP contribution in [0.4, 0.5) is 0 Å². The fraction of sp³-hybridized carbons (Fsp3) is 0.300. The third kappa shape index (κ3) is 3.88. The van der Waals surface area contributed by atoms with Crippen molar-refractivity contribution in [1.29, 1.82) is 5.26 Å². The highest BCUT2D eigenvalue weighted by Gasteiger charge is 2.18. The van der Waals surface area contributed by atoms with E-state index in [1.165, 1.54) is 15.3 Å². The lowest BCUT2D eigenvalue weighted by molar-refractivity contribution is 0.122. The number of aromatic nitrogens is 1. The third-order valence-corrected chi connectivity index (χ3v) is 5.65. The third-order valence-electron chi connectivity index (χ3n) is 4.62. The Labute approximate surface area is 151 Å². The van der Waals surface area contributed by atoms with Crippen LogP contribution in [0.3, 0.4) is 0 Å². The first kappa shape index (κ1) is 16.2. The summed E-state index contributed by atoms with van der Waals surface area (Å²) in [4.78, 5) is 9.69. The molecule has 0 spiro atoms. The van der Waals surface area contributed by atoms with Crippen molar-refractivity contribution in [2.75, 3.05) is 26.2 Å². The number of nitriles is 1. The molecule has 1 aromatic heterocycles. The number of hydrogen-bond donors (Lipinski definition) is 0. The van der Waals surface area contributed by atoms with Gasteiger partial charge in [-0.2, -0.15) is 5.26 Å². The standard InChI is InChI=1S/C20H20N4S/c21-13-16-4-3-5-17(12-16)14-23-8-10-24(11-9-23)15-20-22-18-6-1-2-7-19(18)25-20/h1-7,12H,8-11,14-15H2. The maximum Gasteiger partial charge on any atom is 0.108 e. The van der Waals surface area contributed by atoms with Gasteiger partial charge in [0, 0.05) is 32.7 Å². The Kier molecular flexibility index (Phi) is 4.75. The van der Waals surface area contributed by atoms with Crippen molar-refractivity contribution in [3.05, 3.63) is 64.7 Å². The molecule has 4 nitrogen and oxygen atoms in total. The number of nitrogens with zero attached hydrogens (tertiary/aromatic N) is 4. The van der Waals surface area contributed by atoms with Gasteiger partial charge in [0.2, 0.25) is 0 Å². The van der Waals surface area contributed by atoms with Gasteiger partial charge in [-0.25, -0.2) is 4.98 Å². The summed E-state index contributed by atoms with van der Waals surface area (Å²) in [7, 11) is 0.